The molecule has 156 valence electrons. The SMILES string of the molecule is CNC(Cc1cc2ccccc2n1S(=O)(=O)c1ccc(OC)cc1Br)CN(C)C. The lowest BCUT2D eigenvalue weighted by atomic mass is 10.1. The van der Waals surface area contributed by atoms with E-state index in [0.717, 1.165) is 17.6 Å². The van der Waals surface area contributed by atoms with Gasteiger partial charge in [0.15, 0.2) is 0 Å². The number of methoxy groups -OCH3 is 1. The molecule has 0 bridgehead atoms. The molecule has 0 fully saturated rings. The van der Waals surface area contributed by atoms with E-state index in [4.69, 9.17) is 4.74 Å². The number of hydrogen-bond acceptors (Lipinski definition) is 5. The molecule has 3 aromatic rings. The number of halogens is 1. The van der Waals surface area contributed by atoms with E-state index in [-0.39, 0.29) is 10.9 Å². The minimum atomic E-state index is -3.82. The van der Waals surface area contributed by atoms with Gasteiger partial charge in [-0.3, -0.25) is 0 Å². The van der Waals surface area contributed by atoms with Gasteiger partial charge in [0.05, 0.1) is 12.6 Å². The van der Waals surface area contributed by atoms with E-state index in [1.807, 2.05) is 51.5 Å². The lowest BCUT2D eigenvalue weighted by molar-refractivity contribution is 0.345. The molecular formula is C21H26BrN3O3S. The first-order valence-corrected chi connectivity index (χ1v) is 11.5. The molecule has 3 rings (SSSR count). The topological polar surface area (TPSA) is 63.6 Å². The van der Waals surface area contributed by atoms with Crippen molar-refractivity contribution >= 4 is 36.9 Å². The third-order valence-electron chi connectivity index (χ3n) is 4.85. The van der Waals surface area contributed by atoms with Crippen molar-refractivity contribution in [2.75, 3.05) is 34.8 Å². The zero-order valence-corrected chi connectivity index (χ0v) is 19.4. The molecule has 1 atom stereocenters. The van der Waals surface area contributed by atoms with Crippen molar-refractivity contribution in [1.29, 1.82) is 0 Å². The second-order valence-corrected chi connectivity index (χ2v) is 9.82. The molecule has 0 saturated heterocycles. The molecule has 0 saturated carbocycles. The van der Waals surface area contributed by atoms with Crippen LogP contribution >= 0.6 is 15.9 Å². The van der Waals surface area contributed by atoms with Gasteiger partial charge in [-0.2, -0.15) is 0 Å². The van der Waals surface area contributed by atoms with Crippen LogP contribution in [0.2, 0.25) is 0 Å². The van der Waals surface area contributed by atoms with Gasteiger partial charge < -0.3 is 15.0 Å². The van der Waals surface area contributed by atoms with Gasteiger partial charge in [-0.05, 0) is 67.4 Å². The van der Waals surface area contributed by atoms with Crippen molar-refractivity contribution in [3.63, 3.8) is 0 Å². The molecular weight excluding hydrogens is 454 g/mol. The fourth-order valence-corrected chi connectivity index (χ4v) is 6.05. The first-order chi connectivity index (χ1) is 13.8. The molecule has 0 spiro atoms. The Morgan fingerprint density at radius 3 is 2.52 bits per heavy atom. The largest absolute Gasteiger partial charge is 0.497 e. The molecule has 1 aromatic heterocycles. The monoisotopic (exact) mass is 479 g/mol. The summed E-state index contributed by atoms with van der Waals surface area (Å²) in [7, 11) is 3.64. The number of benzene rings is 2. The smallest absolute Gasteiger partial charge is 0.269 e. The van der Waals surface area contributed by atoms with E-state index >= 15 is 0 Å². The van der Waals surface area contributed by atoms with Crippen LogP contribution in [0.5, 0.6) is 5.75 Å². The Morgan fingerprint density at radius 2 is 1.90 bits per heavy atom. The molecule has 0 amide bonds. The number of likely N-dealkylation sites (N-methyl/N-ethyl adjacent to an activating group) is 2. The third-order valence-corrected chi connectivity index (χ3v) is 7.59. The van der Waals surface area contributed by atoms with Crippen LogP contribution in [0.25, 0.3) is 10.9 Å². The summed E-state index contributed by atoms with van der Waals surface area (Å²) in [5, 5.41) is 4.19. The number of rotatable bonds is 8. The van der Waals surface area contributed by atoms with E-state index < -0.39 is 10.0 Å². The molecule has 0 aliphatic carbocycles. The maximum Gasteiger partial charge on any atom is 0.269 e. The van der Waals surface area contributed by atoms with Crippen molar-refractivity contribution in [1.82, 2.24) is 14.2 Å². The Kier molecular flexibility index (Phi) is 6.68. The minimum absolute atomic E-state index is 0.113. The van der Waals surface area contributed by atoms with Crippen LogP contribution in [0.15, 0.2) is 57.9 Å². The van der Waals surface area contributed by atoms with Crippen LogP contribution in [-0.4, -0.2) is 58.1 Å². The molecule has 1 heterocycles. The number of hydrogen-bond donors (Lipinski definition) is 1. The zero-order chi connectivity index (χ0) is 21.2. The molecule has 8 heteroatoms. The highest BCUT2D eigenvalue weighted by Gasteiger charge is 2.26. The van der Waals surface area contributed by atoms with Gasteiger partial charge in [-0.25, -0.2) is 12.4 Å². The Labute approximate surface area is 180 Å². The zero-order valence-electron chi connectivity index (χ0n) is 17.0. The Bertz CT molecular complexity index is 1110. The van der Waals surface area contributed by atoms with Gasteiger partial charge in [-0.15, -0.1) is 0 Å². The molecule has 0 aliphatic heterocycles. The van der Waals surface area contributed by atoms with Gasteiger partial charge >= 0.3 is 0 Å². The lowest BCUT2D eigenvalue weighted by Crippen LogP contribution is -2.38. The van der Waals surface area contributed by atoms with Crippen LogP contribution in [0.1, 0.15) is 5.69 Å². The first kappa shape index (κ1) is 21.8. The summed E-state index contributed by atoms with van der Waals surface area (Å²) in [6.07, 6.45) is 0.580. The van der Waals surface area contributed by atoms with E-state index in [0.29, 0.717) is 22.2 Å². The van der Waals surface area contributed by atoms with Gasteiger partial charge in [0.2, 0.25) is 0 Å². The maximum absolute atomic E-state index is 13.7. The third kappa shape index (κ3) is 4.50. The average Bonchev–Trinajstić information content (AvgIpc) is 3.05. The number of fused-ring (bicyclic) bond motifs is 1. The van der Waals surface area contributed by atoms with Crippen molar-refractivity contribution in [2.24, 2.45) is 0 Å². The van der Waals surface area contributed by atoms with Gasteiger partial charge in [0, 0.05) is 34.6 Å². The van der Waals surface area contributed by atoms with E-state index in [1.54, 1.807) is 25.3 Å². The second-order valence-electron chi connectivity index (χ2n) is 7.21. The Balaban J connectivity index is 2.17. The fourth-order valence-electron chi connectivity index (χ4n) is 3.48. The van der Waals surface area contributed by atoms with Gasteiger partial charge in [0.1, 0.15) is 10.6 Å². The highest BCUT2D eigenvalue weighted by Crippen LogP contribution is 2.32. The molecule has 1 N–H and O–H groups in total. The fraction of sp³-hybridized carbons (Fsp3) is 0.333. The van der Waals surface area contributed by atoms with Gasteiger partial charge in [0.25, 0.3) is 10.0 Å². The Hall–Kier alpha value is -1.87. The number of aromatic nitrogens is 1. The first-order valence-electron chi connectivity index (χ1n) is 9.28. The normalized spacial score (nSPS) is 13.2. The quantitative estimate of drug-likeness (QED) is 0.536. The summed E-state index contributed by atoms with van der Waals surface area (Å²) in [6, 6.07) is 14.5. The predicted octanol–water partition coefficient (Wildman–Crippen LogP) is 3.34. The average molecular weight is 480 g/mol. The highest BCUT2D eigenvalue weighted by molar-refractivity contribution is 9.10. The summed E-state index contributed by atoms with van der Waals surface area (Å²) in [5.74, 6) is 0.592. The van der Waals surface area contributed by atoms with Crippen molar-refractivity contribution in [3.8, 4) is 5.75 Å². The molecule has 2 aromatic carbocycles. The van der Waals surface area contributed by atoms with Crippen LogP contribution in [0, 0.1) is 0 Å². The lowest BCUT2D eigenvalue weighted by Gasteiger charge is -2.21. The minimum Gasteiger partial charge on any atom is -0.497 e. The van der Waals surface area contributed by atoms with Crippen molar-refractivity contribution in [3.05, 3.63) is 58.7 Å². The molecule has 6 nitrogen and oxygen atoms in total. The number of nitrogens with zero attached hydrogens (tertiary/aromatic N) is 2. The number of para-hydroxylation sites is 1. The van der Waals surface area contributed by atoms with Crippen molar-refractivity contribution < 1.29 is 13.2 Å². The van der Waals surface area contributed by atoms with Crippen molar-refractivity contribution in [2.45, 2.75) is 17.4 Å². The van der Waals surface area contributed by atoms with E-state index in [9.17, 15) is 8.42 Å². The van der Waals surface area contributed by atoms with Crippen LogP contribution in [0.3, 0.4) is 0 Å². The second kappa shape index (κ2) is 8.87. The van der Waals surface area contributed by atoms with Crippen LogP contribution in [0.4, 0.5) is 0 Å². The molecule has 0 aliphatic rings. The molecule has 1 unspecified atom stereocenters. The summed E-state index contributed by atoms with van der Waals surface area (Å²) in [4.78, 5) is 2.29. The maximum atomic E-state index is 13.7. The number of nitrogens with one attached hydrogen (secondary N) is 1. The predicted molar refractivity (Wildman–Crippen MR) is 120 cm³/mol. The standard InChI is InChI=1S/C21H26BrN3O3S/c1-23-16(14-24(2)3)12-17-11-15-7-5-6-8-20(15)25(17)29(26,27)21-10-9-18(28-4)13-19(21)22/h5-11,13,16,23H,12,14H2,1-4H3. The Morgan fingerprint density at radius 1 is 1.17 bits per heavy atom. The van der Waals surface area contributed by atoms with Crippen LogP contribution < -0.4 is 10.1 Å². The highest BCUT2D eigenvalue weighted by atomic mass is 79.9. The van der Waals surface area contributed by atoms with E-state index in [1.165, 1.54) is 3.97 Å². The molecule has 0 radical (unpaired) electrons. The summed E-state index contributed by atoms with van der Waals surface area (Å²) in [6.45, 7) is 0.796. The van der Waals surface area contributed by atoms with E-state index in [2.05, 4.69) is 26.1 Å². The summed E-state index contributed by atoms with van der Waals surface area (Å²) >= 11 is 3.40. The summed E-state index contributed by atoms with van der Waals surface area (Å²) < 4.78 is 34.6. The number of ether oxygens (including phenoxy) is 1. The van der Waals surface area contributed by atoms with Crippen LogP contribution in [-0.2, 0) is 16.4 Å². The summed E-state index contributed by atoms with van der Waals surface area (Å²) in [5.41, 5.74) is 1.42. The molecule has 29 heavy (non-hydrogen) atoms. The van der Waals surface area contributed by atoms with Gasteiger partial charge in [-0.1, -0.05) is 18.2 Å².